The van der Waals surface area contributed by atoms with E-state index in [1.54, 1.807) is 6.92 Å². The van der Waals surface area contributed by atoms with E-state index in [9.17, 15) is 4.79 Å². The van der Waals surface area contributed by atoms with Crippen molar-refractivity contribution in [1.29, 1.82) is 0 Å². The van der Waals surface area contributed by atoms with Gasteiger partial charge < -0.3 is 0 Å². The molecule has 0 bridgehead atoms. The molecule has 1 atom stereocenters. The number of rotatable bonds is 0. The number of aliphatic imine (C=N–C) groups is 1. The quantitative estimate of drug-likeness (QED) is 0.648. The van der Waals surface area contributed by atoms with Gasteiger partial charge in [0.05, 0.1) is 5.71 Å². The number of fused-ring (bicyclic) bond motifs is 1. The monoisotopic (exact) mass is 241 g/mol. The van der Waals surface area contributed by atoms with Crippen LogP contribution in [0.5, 0.6) is 0 Å². The molecule has 2 heterocycles. The zero-order valence-electron chi connectivity index (χ0n) is 7.28. The Labute approximate surface area is 83.5 Å². The van der Waals surface area contributed by atoms with Gasteiger partial charge in [0, 0.05) is 11.8 Å². The molecule has 0 aliphatic carbocycles. The standard InChI is InChI=1S/C8H8BrN3O/c1-4-3-6(13)12-7(9)5(2)11-8(12)10-4/h3,7H,1-2H3. The Bertz CT molecular complexity index is 449. The molecule has 1 aliphatic heterocycles. The van der Waals surface area contributed by atoms with Crippen LogP contribution in [0.4, 0.5) is 5.95 Å². The summed E-state index contributed by atoms with van der Waals surface area (Å²) in [6.45, 7) is 3.65. The van der Waals surface area contributed by atoms with Crippen LogP contribution < -0.4 is 5.56 Å². The largest absolute Gasteiger partial charge is 0.269 e. The van der Waals surface area contributed by atoms with Gasteiger partial charge in [0.15, 0.2) is 0 Å². The summed E-state index contributed by atoms with van der Waals surface area (Å²) in [6, 6.07) is 1.51. The Morgan fingerprint density at radius 3 is 2.92 bits per heavy atom. The van der Waals surface area contributed by atoms with Crippen molar-refractivity contribution in [2.45, 2.75) is 18.8 Å². The van der Waals surface area contributed by atoms with Gasteiger partial charge in [0.25, 0.3) is 5.56 Å². The topological polar surface area (TPSA) is 47.2 Å². The normalized spacial score (nSPS) is 19.9. The van der Waals surface area contributed by atoms with Crippen molar-refractivity contribution >= 4 is 27.6 Å². The first-order valence-electron chi connectivity index (χ1n) is 3.89. The van der Waals surface area contributed by atoms with E-state index in [0.29, 0.717) is 11.6 Å². The van der Waals surface area contributed by atoms with Crippen molar-refractivity contribution < 1.29 is 0 Å². The van der Waals surface area contributed by atoms with Crippen LogP contribution in [-0.2, 0) is 0 Å². The number of hydrogen-bond acceptors (Lipinski definition) is 3. The summed E-state index contributed by atoms with van der Waals surface area (Å²) in [7, 11) is 0. The van der Waals surface area contributed by atoms with Gasteiger partial charge in [-0.3, -0.25) is 9.36 Å². The van der Waals surface area contributed by atoms with Crippen LogP contribution in [0.15, 0.2) is 15.9 Å². The minimum Gasteiger partial charge on any atom is -0.269 e. The molecule has 0 N–H and O–H groups in total. The molecule has 1 aromatic rings. The summed E-state index contributed by atoms with van der Waals surface area (Å²) >= 11 is 3.37. The van der Waals surface area contributed by atoms with E-state index in [1.807, 2.05) is 6.92 Å². The van der Waals surface area contributed by atoms with Crippen LogP contribution in [0.2, 0.25) is 0 Å². The van der Waals surface area contributed by atoms with Gasteiger partial charge in [-0.1, -0.05) is 15.9 Å². The SMILES string of the molecule is CC1=Nc2nc(C)cc(=O)n2C1Br. The fourth-order valence-electron chi connectivity index (χ4n) is 1.28. The molecule has 2 rings (SSSR count). The van der Waals surface area contributed by atoms with E-state index >= 15 is 0 Å². The Hall–Kier alpha value is -0.970. The van der Waals surface area contributed by atoms with Gasteiger partial charge in [-0.05, 0) is 13.8 Å². The molecule has 1 aromatic heterocycles. The Balaban J connectivity index is 2.73. The van der Waals surface area contributed by atoms with Crippen LogP contribution in [0.25, 0.3) is 0 Å². The van der Waals surface area contributed by atoms with Gasteiger partial charge in [-0.15, -0.1) is 0 Å². The van der Waals surface area contributed by atoms with Gasteiger partial charge >= 0.3 is 0 Å². The third kappa shape index (κ3) is 1.23. The minimum absolute atomic E-state index is 0.0648. The van der Waals surface area contributed by atoms with E-state index in [0.717, 1.165) is 5.71 Å². The highest BCUT2D eigenvalue weighted by Crippen LogP contribution is 2.27. The zero-order valence-corrected chi connectivity index (χ0v) is 8.87. The second-order valence-corrected chi connectivity index (χ2v) is 3.86. The molecule has 1 aliphatic rings. The smallest absolute Gasteiger partial charge is 0.256 e. The molecular formula is C8H8BrN3O. The minimum atomic E-state index is -0.136. The molecule has 0 spiro atoms. The lowest BCUT2D eigenvalue weighted by molar-refractivity contribution is 0.800. The lowest BCUT2D eigenvalue weighted by Gasteiger charge is -2.05. The van der Waals surface area contributed by atoms with Gasteiger partial charge in [0.1, 0.15) is 4.95 Å². The third-order valence-electron chi connectivity index (χ3n) is 1.91. The van der Waals surface area contributed by atoms with Gasteiger partial charge in [-0.2, -0.15) is 0 Å². The first kappa shape index (κ1) is 8.62. The fourth-order valence-corrected chi connectivity index (χ4v) is 1.77. The lowest BCUT2D eigenvalue weighted by Crippen LogP contribution is -2.21. The Morgan fingerprint density at radius 2 is 2.23 bits per heavy atom. The van der Waals surface area contributed by atoms with E-state index in [1.165, 1.54) is 10.6 Å². The van der Waals surface area contributed by atoms with Crippen molar-refractivity contribution in [3.63, 3.8) is 0 Å². The molecular weight excluding hydrogens is 234 g/mol. The van der Waals surface area contributed by atoms with Crippen LogP contribution in [0.1, 0.15) is 17.6 Å². The highest BCUT2D eigenvalue weighted by molar-refractivity contribution is 9.09. The molecule has 0 aromatic carbocycles. The van der Waals surface area contributed by atoms with Crippen molar-refractivity contribution in [2.75, 3.05) is 0 Å². The Kier molecular flexibility index (Phi) is 1.83. The van der Waals surface area contributed by atoms with Crippen LogP contribution in [-0.4, -0.2) is 15.3 Å². The number of halogens is 1. The zero-order chi connectivity index (χ0) is 9.59. The van der Waals surface area contributed by atoms with E-state index < -0.39 is 0 Å². The van der Waals surface area contributed by atoms with E-state index in [-0.39, 0.29) is 10.5 Å². The first-order valence-corrected chi connectivity index (χ1v) is 4.80. The van der Waals surface area contributed by atoms with Crippen molar-refractivity contribution in [2.24, 2.45) is 4.99 Å². The molecule has 13 heavy (non-hydrogen) atoms. The molecule has 4 nitrogen and oxygen atoms in total. The average molecular weight is 242 g/mol. The second-order valence-electron chi connectivity index (χ2n) is 2.99. The highest BCUT2D eigenvalue weighted by atomic mass is 79.9. The predicted molar refractivity (Wildman–Crippen MR) is 54.0 cm³/mol. The number of aromatic nitrogens is 2. The maximum atomic E-state index is 11.5. The summed E-state index contributed by atoms with van der Waals surface area (Å²) in [6.07, 6.45) is 0. The summed E-state index contributed by atoms with van der Waals surface area (Å²) in [5.74, 6) is 0.490. The average Bonchev–Trinajstić information content (AvgIpc) is 2.27. The van der Waals surface area contributed by atoms with Crippen LogP contribution >= 0.6 is 15.9 Å². The number of aryl methyl sites for hydroxylation is 1. The molecule has 5 heteroatoms. The predicted octanol–water partition coefficient (Wildman–Crippen LogP) is 1.55. The molecule has 1 unspecified atom stereocenters. The fraction of sp³-hybridized carbons (Fsp3) is 0.375. The summed E-state index contributed by atoms with van der Waals surface area (Å²) in [5.41, 5.74) is 1.49. The number of alkyl halides is 1. The van der Waals surface area contributed by atoms with Crippen molar-refractivity contribution in [3.05, 3.63) is 22.1 Å². The maximum absolute atomic E-state index is 11.5. The highest BCUT2D eigenvalue weighted by Gasteiger charge is 2.22. The van der Waals surface area contributed by atoms with E-state index in [4.69, 9.17) is 0 Å². The van der Waals surface area contributed by atoms with Crippen LogP contribution in [0.3, 0.4) is 0 Å². The van der Waals surface area contributed by atoms with Gasteiger partial charge in [0.2, 0.25) is 5.95 Å². The number of hydrogen-bond donors (Lipinski definition) is 0. The van der Waals surface area contributed by atoms with Gasteiger partial charge in [-0.25, -0.2) is 9.98 Å². The molecule has 0 saturated heterocycles. The van der Waals surface area contributed by atoms with Crippen LogP contribution in [0, 0.1) is 6.92 Å². The summed E-state index contributed by atoms with van der Waals surface area (Å²) < 4.78 is 1.53. The Morgan fingerprint density at radius 1 is 1.54 bits per heavy atom. The molecule has 0 radical (unpaired) electrons. The van der Waals surface area contributed by atoms with Crippen molar-refractivity contribution in [1.82, 2.24) is 9.55 Å². The van der Waals surface area contributed by atoms with Crippen molar-refractivity contribution in [3.8, 4) is 0 Å². The van der Waals surface area contributed by atoms with E-state index in [2.05, 4.69) is 25.9 Å². The molecule has 0 amide bonds. The third-order valence-corrected chi connectivity index (χ3v) is 2.98. The maximum Gasteiger partial charge on any atom is 0.256 e. The summed E-state index contributed by atoms with van der Waals surface area (Å²) in [5, 5.41) is 0. The first-order chi connectivity index (χ1) is 6.09. The molecule has 0 fully saturated rings. The summed E-state index contributed by atoms with van der Waals surface area (Å²) in [4.78, 5) is 19.7. The number of nitrogens with zero attached hydrogens (tertiary/aromatic N) is 3. The molecule has 68 valence electrons. The molecule has 0 saturated carbocycles. The second kappa shape index (κ2) is 2.77. The lowest BCUT2D eigenvalue weighted by atomic mass is 10.4.